The van der Waals surface area contributed by atoms with E-state index in [-0.39, 0.29) is 30.2 Å². The van der Waals surface area contributed by atoms with Gasteiger partial charge in [0.15, 0.2) is 0 Å². The van der Waals surface area contributed by atoms with E-state index in [1.165, 1.54) is 0 Å². The van der Waals surface area contributed by atoms with Gasteiger partial charge in [0.05, 0.1) is 5.41 Å². The van der Waals surface area contributed by atoms with Crippen molar-refractivity contribution in [3.8, 4) is 0 Å². The molecular weight excluding hydrogens is 312 g/mol. The largest absolute Gasteiger partial charge is 0.481 e. The molecule has 1 rings (SSSR count). The number of hydrogen-bond donors (Lipinski definition) is 3. The smallest absolute Gasteiger partial charge is 0.311 e. The monoisotopic (exact) mass is 342 g/mol. The first-order chi connectivity index (χ1) is 11.2. The molecule has 1 heterocycles. The third kappa shape index (κ3) is 5.78. The lowest BCUT2D eigenvalue weighted by molar-refractivity contribution is -0.155. The molecule has 24 heavy (non-hydrogen) atoms. The summed E-state index contributed by atoms with van der Waals surface area (Å²) in [6.07, 6.45) is 1.09. The lowest BCUT2D eigenvalue weighted by Gasteiger charge is -2.34. The van der Waals surface area contributed by atoms with Gasteiger partial charge in [-0.25, -0.2) is 0 Å². The Morgan fingerprint density at radius 2 is 1.71 bits per heavy atom. The van der Waals surface area contributed by atoms with Crippen molar-refractivity contribution >= 4 is 17.8 Å². The summed E-state index contributed by atoms with van der Waals surface area (Å²) in [6.45, 7) is 8.37. The van der Waals surface area contributed by atoms with Gasteiger partial charge in [-0.3, -0.25) is 14.4 Å². The Labute approximate surface area is 143 Å². The van der Waals surface area contributed by atoms with Gasteiger partial charge in [-0.05, 0) is 24.7 Å². The summed E-state index contributed by atoms with van der Waals surface area (Å²) in [7, 11) is 0. The second-order valence-corrected chi connectivity index (χ2v) is 7.30. The van der Waals surface area contributed by atoms with E-state index >= 15 is 0 Å². The fourth-order valence-electron chi connectivity index (χ4n) is 2.73. The highest BCUT2D eigenvalue weighted by Crippen LogP contribution is 2.30. The summed E-state index contributed by atoms with van der Waals surface area (Å²) in [6, 6.07) is -0.665. The van der Waals surface area contributed by atoms with Crippen molar-refractivity contribution < 1.29 is 24.2 Å². The molecule has 0 saturated carbocycles. The SMILES string of the molecule is CC(C)CC(=O)NC(C(=O)NCC1(C(=O)O)CCOCC1)C(C)C. The van der Waals surface area contributed by atoms with Crippen molar-refractivity contribution in [2.24, 2.45) is 17.3 Å². The van der Waals surface area contributed by atoms with Gasteiger partial charge in [-0.15, -0.1) is 0 Å². The number of ether oxygens (including phenoxy) is 1. The Morgan fingerprint density at radius 3 is 2.17 bits per heavy atom. The van der Waals surface area contributed by atoms with Gasteiger partial charge in [0.2, 0.25) is 11.8 Å². The predicted molar refractivity (Wildman–Crippen MR) is 89.4 cm³/mol. The van der Waals surface area contributed by atoms with E-state index in [9.17, 15) is 19.5 Å². The Morgan fingerprint density at radius 1 is 1.12 bits per heavy atom. The molecule has 2 amide bonds. The highest BCUT2D eigenvalue weighted by atomic mass is 16.5. The lowest BCUT2D eigenvalue weighted by Crippen LogP contribution is -2.53. The minimum Gasteiger partial charge on any atom is -0.481 e. The minimum atomic E-state index is -0.989. The van der Waals surface area contributed by atoms with Crippen LogP contribution in [0.15, 0.2) is 0 Å². The molecule has 1 unspecified atom stereocenters. The summed E-state index contributed by atoms with van der Waals surface area (Å²) in [5.74, 6) is -1.31. The molecule has 0 bridgehead atoms. The minimum absolute atomic E-state index is 0.0494. The van der Waals surface area contributed by atoms with Crippen molar-refractivity contribution in [2.75, 3.05) is 19.8 Å². The maximum absolute atomic E-state index is 12.5. The van der Waals surface area contributed by atoms with Crippen LogP contribution >= 0.6 is 0 Å². The lowest BCUT2D eigenvalue weighted by atomic mass is 9.80. The van der Waals surface area contributed by atoms with E-state index in [4.69, 9.17) is 4.74 Å². The number of carbonyl (C=O) groups is 3. The number of carboxylic acids is 1. The number of carbonyl (C=O) groups excluding carboxylic acids is 2. The van der Waals surface area contributed by atoms with Crippen molar-refractivity contribution in [1.82, 2.24) is 10.6 Å². The fourth-order valence-corrected chi connectivity index (χ4v) is 2.73. The quantitative estimate of drug-likeness (QED) is 0.614. The fraction of sp³-hybridized carbons (Fsp3) is 0.824. The summed E-state index contributed by atoms with van der Waals surface area (Å²) in [5, 5.41) is 15.0. The molecule has 7 heteroatoms. The molecule has 0 spiro atoms. The zero-order valence-corrected chi connectivity index (χ0v) is 15.1. The van der Waals surface area contributed by atoms with E-state index in [2.05, 4.69) is 10.6 Å². The maximum Gasteiger partial charge on any atom is 0.311 e. The van der Waals surface area contributed by atoms with Gasteiger partial charge in [-0.1, -0.05) is 27.7 Å². The van der Waals surface area contributed by atoms with Gasteiger partial charge in [0.25, 0.3) is 0 Å². The van der Waals surface area contributed by atoms with Crippen LogP contribution in [-0.2, 0) is 19.1 Å². The van der Waals surface area contributed by atoms with Crippen molar-refractivity contribution in [3.63, 3.8) is 0 Å². The Bertz CT molecular complexity index is 456. The van der Waals surface area contributed by atoms with Gasteiger partial charge >= 0.3 is 5.97 Å². The number of aliphatic carboxylic acids is 1. The third-order valence-corrected chi connectivity index (χ3v) is 4.36. The molecule has 138 valence electrons. The van der Waals surface area contributed by atoms with Crippen LogP contribution in [0.1, 0.15) is 47.0 Å². The maximum atomic E-state index is 12.5. The topological polar surface area (TPSA) is 105 Å². The molecule has 0 radical (unpaired) electrons. The van der Waals surface area contributed by atoms with Crippen LogP contribution in [0.3, 0.4) is 0 Å². The number of rotatable bonds is 8. The molecule has 0 aliphatic carbocycles. The molecule has 0 aromatic rings. The van der Waals surface area contributed by atoms with Crippen LogP contribution in [0.2, 0.25) is 0 Å². The predicted octanol–water partition coefficient (Wildman–Crippen LogP) is 1.17. The zero-order chi connectivity index (χ0) is 18.3. The third-order valence-electron chi connectivity index (χ3n) is 4.36. The second kappa shape index (κ2) is 9.01. The van der Waals surface area contributed by atoms with Gasteiger partial charge < -0.3 is 20.5 Å². The van der Waals surface area contributed by atoms with E-state index in [1.54, 1.807) is 0 Å². The zero-order valence-electron chi connectivity index (χ0n) is 15.1. The molecule has 1 atom stereocenters. The Kier molecular flexibility index (Phi) is 7.66. The van der Waals surface area contributed by atoms with E-state index in [1.807, 2.05) is 27.7 Å². The number of amides is 2. The van der Waals surface area contributed by atoms with Gasteiger partial charge in [0, 0.05) is 26.2 Å². The molecule has 7 nitrogen and oxygen atoms in total. The molecule has 1 aliphatic rings. The second-order valence-electron chi connectivity index (χ2n) is 7.30. The first-order valence-electron chi connectivity index (χ1n) is 8.56. The summed E-state index contributed by atoms with van der Waals surface area (Å²) in [5.41, 5.74) is -0.989. The molecule has 0 aromatic carbocycles. The van der Waals surface area contributed by atoms with Crippen molar-refractivity contribution in [1.29, 1.82) is 0 Å². The van der Waals surface area contributed by atoms with E-state index in [0.29, 0.717) is 32.5 Å². The van der Waals surface area contributed by atoms with Crippen LogP contribution in [0.4, 0.5) is 0 Å². The first-order valence-corrected chi connectivity index (χ1v) is 8.56. The Hall–Kier alpha value is -1.63. The molecule has 1 fully saturated rings. The van der Waals surface area contributed by atoms with Crippen LogP contribution in [-0.4, -0.2) is 48.7 Å². The van der Waals surface area contributed by atoms with Crippen LogP contribution in [0.5, 0.6) is 0 Å². The first kappa shape index (κ1) is 20.4. The standard InChI is InChI=1S/C17H30N2O5/c1-11(2)9-13(20)19-14(12(3)4)15(21)18-10-17(16(22)23)5-7-24-8-6-17/h11-12,14H,5-10H2,1-4H3,(H,18,21)(H,19,20)(H,22,23). The van der Waals surface area contributed by atoms with Gasteiger partial charge in [0.1, 0.15) is 6.04 Å². The van der Waals surface area contributed by atoms with Crippen LogP contribution < -0.4 is 10.6 Å². The average molecular weight is 342 g/mol. The Balaban J connectivity index is 2.67. The van der Waals surface area contributed by atoms with Crippen molar-refractivity contribution in [3.05, 3.63) is 0 Å². The molecule has 1 aliphatic heterocycles. The van der Waals surface area contributed by atoms with Crippen LogP contribution in [0.25, 0.3) is 0 Å². The molecule has 0 aromatic heterocycles. The van der Waals surface area contributed by atoms with Gasteiger partial charge in [-0.2, -0.15) is 0 Å². The van der Waals surface area contributed by atoms with Crippen LogP contribution in [0, 0.1) is 17.3 Å². The van der Waals surface area contributed by atoms with Crippen molar-refractivity contribution in [2.45, 2.75) is 53.0 Å². The summed E-state index contributed by atoms with van der Waals surface area (Å²) >= 11 is 0. The number of nitrogens with one attached hydrogen (secondary N) is 2. The summed E-state index contributed by atoms with van der Waals surface area (Å²) < 4.78 is 5.22. The normalized spacial score (nSPS) is 18.2. The highest BCUT2D eigenvalue weighted by molar-refractivity contribution is 5.88. The summed E-state index contributed by atoms with van der Waals surface area (Å²) in [4.78, 5) is 36.0. The molecule has 1 saturated heterocycles. The average Bonchev–Trinajstić information content (AvgIpc) is 2.50. The number of hydrogen-bond acceptors (Lipinski definition) is 4. The van der Waals surface area contributed by atoms with E-state index < -0.39 is 17.4 Å². The highest BCUT2D eigenvalue weighted by Gasteiger charge is 2.41. The van der Waals surface area contributed by atoms with E-state index in [0.717, 1.165) is 0 Å². The molecule has 3 N–H and O–H groups in total. The number of carboxylic acid groups (broad SMARTS) is 1. The molecular formula is C17H30N2O5.